The number of likely N-dealkylation sites (N-methyl/N-ethyl adjacent to an activating group) is 1. The number of carbonyl (C=O) groups is 1. The van der Waals surface area contributed by atoms with Crippen LogP contribution in [0, 0.1) is 6.07 Å². The van der Waals surface area contributed by atoms with Gasteiger partial charge in [-0.05, 0) is 37.7 Å². The van der Waals surface area contributed by atoms with Gasteiger partial charge in [0, 0.05) is 19.5 Å². The lowest BCUT2D eigenvalue weighted by Gasteiger charge is -2.17. The van der Waals surface area contributed by atoms with Gasteiger partial charge in [-0.15, -0.1) is 0 Å². The minimum atomic E-state index is 0.0976. The van der Waals surface area contributed by atoms with Crippen LogP contribution in [0.3, 0.4) is 0 Å². The lowest BCUT2D eigenvalue weighted by molar-refractivity contribution is -0.121. The first-order valence-electron chi connectivity index (χ1n) is 7.34. The van der Waals surface area contributed by atoms with Crippen molar-refractivity contribution < 1.29 is 9.53 Å². The minimum absolute atomic E-state index is 0.0976. The fourth-order valence-corrected chi connectivity index (χ4v) is 1.87. The molecule has 0 atom stereocenters. The lowest BCUT2D eigenvalue weighted by atomic mass is 10.3. The molecule has 1 amide bonds. The summed E-state index contributed by atoms with van der Waals surface area (Å²) in [7, 11) is 0. The van der Waals surface area contributed by atoms with Crippen molar-refractivity contribution in [2.24, 2.45) is 0 Å². The van der Waals surface area contributed by atoms with Crippen LogP contribution in [-0.4, -0.2) is 43.6 Å². The first kappa shape index (κ1) is 16.5. The molecule has 0 bridgehead atoms. The second-order valence-corrected chi connectivity index (χ2v) is 4.57. The second-order valence-electron chi connectivity index (χ2n) is 4.57. The third kappa shape index (κ3) is 7.14. The molecule has 0 spiro atoms. The molecule has 0 aliphatic rings. The van der Waals surface area contributed by atoms with Crippen LogP contribution in [0.15, 0.2) is 24.3 Å². The zero-order chi connectivity index (χ0) is 14.6. The van der Waals surface area contributed by atoms with E-state index in [0.29, 0.717) is 13.0 Å². The Morgan fingerprint density at radius 3 is 2.85 bits per heavy atom. The number of rotatable bonds is 10. The standard InChI is InChI=1S/C16H25N2O2/c1-3-18(4-2)13-12-17-16(19)11-8-14-20-15-9-6-5-7-10-15/h5-6,9-10H,3-4,8,11-14H2,1-2H3,(H,17,19). The van der Waals surface area contributed by atoms with Crippen LogP contribution in [0.25, 0.3) is 0 Å². The summed E-state index contributed by atoms with van der Waals surface area (Å²) < 4.78 is 5.51. The van der Waals surface area contributed by atoms with Crippen LogP contribution in [0.4, 0.5) is 0 Å². The molecule has 0 fully saturated rings. The second kappa shape index (κ2) is 10.3. The van der Waals surface area contributed by atoms with Gasteiger partial charge in [-0.25, -0.2) is 0 Å². The first-order chi connectivity index (χ1) is 9.76. The first-order valence-corrected chi connectivity index (χ1v) is 7.34. The van der Waals surface area contributed by atoms with Crippen LogP contribution in [0.1, 0.15) is 26.7 Å². The monoisotopic (exact) mass is 277 g/mol. The van der Waals surface area contributed by atoms with Gasteiger partial charge in [0.05, 0.1) is 6.61 Å². The maximum absolute atomic E-state index is 11.6. The summed E-state index contributed by atoms with van der Waals surface area (Å²) in [5.41, 5.74) is 0. The number of carbonyl (C=O) groups excluding carboxylic acids is 1. The summed E-state index contributed by atoms with van der Waals surface area (Å²) >= 11 is 0. The van der Waals surface area contributed by atoms with E-state index in [2.05, 4.69) is 30.1 Å². The summed E-state index contributed by atoms with van der Waals surface area (Å²) in [6.07, 6.45) is 1.24. The van der Waals surface area contributed by atoms with E-state index in [1.165, 1.54) is 0 Å². The number of hydrogen-bond donors (Lipinski definition) is 1. The van der Waals surface area contributed by atoms with Crippen molar-refractivity contribution in [1.29, 1.82) is 0 Å². The average molecular weight is 277 g/mol. The smallest absolute Gasteiger partial charge is 0.220 e. The maximum Gasteiger partial charge on any atom is 0.220 e. The van der Waals surface area contributed by atoms with Gasteiger partial charge >= 0.3 is 0 Å². The number of hydrogen-bond acceptors (Lipinski definition) is 3. The number of nitrogens with one attached hydrogen (secondary N) is 1. The quantitative estimate of drug-likeness (QED) is 0.666. The Labute approximate surface area is 122 Å². The molecule has 0 aliphatic heterocycles. The molecular formula is C16H25N2O2. The number of nitrogens with zero attached hydrogens (tertiary/aromatic N) is 1. The molecule has 20 heavy (non-hydrogen) atoms. The minimum Gasteiger partial charge on any atom is -0.494 e. The topological polar surface area (TPSA) is 41.6 Å². The average Bonchev–Trinajstić information content (AvgIpc) is 2.49. The normalized spacial score (nSPS) is 10.6. The van der Waals surface area contributed by atoms with Gasteiger partial charge in [0.15, 0.2) is 0 Å². The molecule has 1 rings (SSSR count). The van der Waals surface area contributed by atoms with Gasteiger partial charge in [-0.2, -0.15) is 0 Å². The molecule has 0 saturated heterocycles. The Kier molecular flexibility index (Phi) is 8.47. The molecule has 0 unspecified atom stereocenters. The predicted octanol–water partition coefficient (Wildman–Crippen LogP) is 2.10. The van der Waals surface area contributed by atoms with E-state index in [1.54, 1.807) is 6.07 Å². The Morgan fingerprint density at radius 1 is 1.40 bits per heavy atom. The lowest BCUT2D eigenvalue weighted by Crippen LogP contribution is -2.34. The zero-order valence-corrected chi connectivity index (χ0v) is 12.5. The van der Waals surface area contributed by atoms with Crippen LogP contribution in [-0.2, 0) is 4.79 Å². The van der Waals surface area contributed by atoms with Gasteiger partial charge in [0.2, 0.25) is 5.91 Å². The Bertz CT molecular complexity index is 364. The molecule has 4 heteroatoms. The van der Waals surface area contributed by atoms with E-state index in [-0.39, 0.29) is 5.91 Å². The molecule has 111 valence electrons. The van der Waals surface area contributed by atoms with E-state index in [1.807, 2.05) is 18.2 Å². The van der Waals surface area contributed by atoms with Crippen LogP contribution in [0.5, 0.6) is 5.75 Å². The Hall–Kier alpha value is -1.55. The Balaban J connectivity index is 2.03. The van der Waals surface area contributed by atoms with Crippen molar-refractivity contribution in [2.75, 3.05) is 32.8 Å². The molecular weight excluding hydrogens is 252 g/mol. The molecule has 4 nitrogen and oxygen atoms in total. The van der Waals surface area contributed by atoms with E-state index in [0.717, 1.165) is 38.3 Å². The molecule has 1 N–H and O–H groups in total. The van der Waals surface area contributed by atoms with Gasteiger partial charge in [-0.3, -0.25) is 4.79 Å². The van der Waals surface area contributed by atoms with Crippen molar-refractivity contribution in [3.8, 4) is 5.75 Å². The van der Waals surface area contributed by atoms with Crippen LogP contribution in [0.2, 0.25) is 0 Å². The van der Waals surface area contributed by atoms with Crippen LogP contribution < -0.4 is 10.1 Å². The zero-order valence-electron chi connectivity index (χ0n) is 12.5. The Morgan fingerprint density at radius 2 is 2.20 bits per heavy atom. The van der Waals surface area contributed by atoms with Crippen molar-refractivity contribution >= 4 is 5.91 Å². The molecule has 0 aromatic heterocycles. The van der Waals surface area contributed by atoms with Gasteiger partial charge < -0.3 is 15.0 Å². The van der Waals surface area contributed by atoms with E-state index >= 15 is 0 Å². The van der Waals surface area contributed by atoms with Crippen molar-refractivity contribution in [3.05, 3.63) is 30.3 Å². The van der Waals surface area contributed by atoms with Gasteiger partial charge in [0.25, 0.3) is 0 Å². The maximum atomic E-state index is 11.6. The molecule has 1 aromatic rings. The molecule has 0 heterocycles. The summed E-state index contributed by atoms with van der Waals surface area (Å²) in [5, 5.41) is 2.94. The largest absolute Gasteiger partial charge is 0.494 e. The van der Waals surface area contributed by atoms with Gasteiger partial charge in [-0.1, -0.05) is 26.0 Å². The van der Waals surface area contributed by atoms with Crippen LogP contribution >= 0.6 is 0 Å². The summed E-state index contributed by atoms with van der Waals surface area (Å²) in [6, 6.07) is 10.4. The summed E-state index contributed by atoms with van der Waals surface area (Å²) in [5.74, 6) is 0.898. The van der Waals surface area contributed by atoms with E-state index in [9.17, 15) is 4.79 Å². The SMILES string of the molecule is CCN(CC)CCNC(=O)CCCOc1c[c]ccc1. The highest BCUT2D eigenvalue weighted by Crippen LogP contribution is 2.08. The molecule has 0 aliphatic carbocycles. The van der Waals surface area contributed by atoms with E-state index in [4.69, 9.17) is 4.74 Å². The fraction of sp³-hybridized carbons (Fsp3) is 0.562. The molecule has 1 radical (unpaired) electrons. The highest BCUT2D eigenvalue weighted by molar-refractivity contribution is 5.75. The number of ether oxygens (including phenoxy) is 1. The third-order valence-electron chi connectivity index (χ3n) is 3.14. The highest BCUT2D eigenvalue weighted by atomic mass is 16.5. The van der Waals surface area contributed by atoms with Gasteiger partial charge in [0.1, 0.15) is 5.75 Å². The summed E-state index contributed by atoms with van der Waals surface area (Å²) in [4.78, 5) is 13.9. The third-order valence-corrected chi connectivity index (χ3v) is 3.14. The van der Waals surface area contributed by atoms with E-state index < -0.39 is 0 Å². The highest BCUT2D eigenvalue weighted by Gasteiger charge is 2.03. The number of benzene rings is 1. The predicted molar refractivity (Wildman–Crippen MR) is 80.8 cm³/mol. The summed E-state index contributed by atoms with van der Waals surface area (Å²) in [6.45, 7) is 8.49. The fourth-order valence-electron chi connectivity index (χ4n) is 1.87. The molecule has 1 aromatic carbocycles. The van der Waals surface area contributed by atoms with Crippen molar-refractivity contribution in [1.82, 2.24) is 10.2 Å². The van der Waals surface area contributed by atoms with Crippen molar-refractivity contribution in [3.63, 3.8) is 0 Å². The number of amides is 1. The van der Waals surface area contributed by atoms with Crippen molar-refractivity contribution in [2.45, 2.75) is 26.7 Å². The molecule has 0 saturated carbocycles.